The van der Waals surface area contributed by atoms with E-state index in [1.165, 1.54) is 0 Å². The van der Waals surface area contributed by atoms with Gasteiger partial charge in [-0.1, -0.05) is 0 Å². The van der Waals surface area contributed by atoms with Crippen LogP contribution in [0.3, 0.4) is 0 Å². The lowest BCUT2D eigenvalue weighted by atomic mass is 10.3. The first-order valence-electron chi connectivity index (χ1n) is 3.97. The van der Waals surface area contributed by atoms with Gasteiger partial charge in [0.2, 0.25) is 0 Å². The number of aromatic amines is 1. The molecule has 0 atom stereocenters. The number of hydrogen-bond acceptors (Lipinski definition) is 4. The first-order valence-corrected chi connectivity index (χ1v) is 3.97. The van der Waals surface area contributed by atoms with E-state index in [1.54, 1.807) is 0 Å². The van der Waals surface area contributed by atoms with E-state index in [0.29, 0.717) is 12.4 Å². The maximum absolute atomic E-state index is 11.2. The fourth-order valence-electron chi connectivity index (χ4n) is 0.964. The van der Waals surface area contributed by atoms with E-state index in [9.17, 15) is 9.59 Å². The zero-order valence-electron chi connectivity index (χ0n) is 7.94. The lowest BCUT2D eigenvalue weighted by Crippen LogP contribution is -2.22. The van der Waals surface area contributed by atoms with E-state index < -0.39 is 11.5 Å². The summed E-state index contributed by atoms with van der Waals surface area (Å²) < 4.78 is 0. The van der Waals surface area contributed by atoms with Crippen LogP contribution < -0.4 is 5.56 Å². The molecule has 1 heterocycles. The Labute approximate surface area is 80.2 Å². The van der Waals surface area contributed by atoms with E-state index in [4.69, 9.17) is 5.11 Å². The Morgan fingerprint density at radius 1 is 1.64 bits per heavy atom. The Morgan fingerprint density at radius 2 is 2.29 bits per heavy atom. The summed E-state index contributed by atoms with van der Waals surface area (Å²) in [6.45, 7) is 0.467. The molecule has 0 aromatic carbocycles. The Kier molecular flexibility index (Phi) is 2.98. The summed E-state index contributed by atoms with van der Waals surface area (Å²) in [5, 5.41) is 8.57. The number of H-pyrrole nitrogens is 1. The average Bonchev–Trinajstić information content (AvgIpc) is 2.01. The lowest BCUT2D eigenvalue weighted by molar-refractivity contribution is 0.0694. The average molecular weight is 197 g/mol. The number of carbonyl (C=O) groups is 1. The highest BCUT2D eigenvalue weighted by molar-refractivity contribution is 5.86. The Hall–Kier alpha value is -1.69. The predicted octanol–water partition coefficient (Wildman–Crippen LogP) is -0.470. The van der Waals surface area contributed by atoms with Crippen LogP contribution in [-0.4, -0.2) is 40.0 Å². The molecule has 0 spiro atoms. The first kappa shape index (κ1) is 10.4. The van der Waals surface area contributed by atoms with Crippen LogP contribution in [0.15, 0.2) is 11.0 Å². The van der Waals surface area contributed by atoms with Crippen molar-refractivity contribution in [2.24, 2.45) is 0 Å². The third-order valence-corrected chi connectivity index (χ3v) is 1.55. The highest BCUT2D eigenvalue weighted by Gasteiger charge is 2.09. The van der Waals surface area contributed by atoms with Crippen molar-refractivity contribution in [3.05, 3.63) is 27.9 Å². The third-order valence-electron chi connectivity index (χ3n) is 1.55. The smallest absolute Gasteiger partial charge is 0.342 e. The molecule has 0 amide bonds. The molecule has 0 unspecified atom stereocenters. The van der Waals surface area contributed by atoms with E-state index in [0.717, 1.165) is 6.20 Å². The zero-order chi connectivity index (χ0) is 10.7. The number of rotatable bonds is 3. The molecule has 1 aromatic rings. The minimum Gasteiger partial charge on any atom is -0.477 e. The van der Waals surface area contributed by atoms with Crippen LogP contribution in [0.25, 0.3) is 0 Å². The van der Waals surface area contributed by atoms with Crippen LogP contribution in [0.5, 0.6) is 0 Å². The third kappa shape index (κ3) is 2.40. The van der Waals surface area contributed by atoms with Crippen LogP contribution in [-0.2, 0) is 6.54 Å². The van der Waals surface area contributed by atoms with Gasteiger partial charge in [-0.05, 0) is 14.1 Å². The SMILES string of the molecule is CN(C)Cc1ncc(C(=O)O)c(=O)[nH]1. The Balaban J connectivity index is 3.01. The molecule has 0 saturated carbocycles. The van der Waals surface area contributed by atoms with E-state index in [-0.39, 0.29) is 5.56 Å². The topological polar surface area (TPSA) is 86.3 Å². The second-order valence-electron chi connectivity index (χ2n) is 3.12. The molecule has 76 valence electrons. The van der Waals surface area contributed by atoms with Gasteiger partial charge in [0.25, 0.3) is 5.56 Å². The summed E-state index contributed by atoms with van der Waals surface area (Å²) in [6.07, 6.45) is 1.07. The number of nitrogens with one attached hydrogen (secondary N) is 1. The van der Waals surface area contributed by atoms with E-state index in [1.807, 2.05) is 19.0 Å². The second kappa shape index (κ2) is 4.01. The highest BCUT2D eigenvalue weighted by atomic mass is 16.4. The van der Waals surface area contributed by atoms with Crippen molar-refractivity contribution >= 4 is 5.97 Å². The first-order chi connectivity index (χ1) is 6.50. The quantitative estimate of drug-likeness (QED) is 0.684. The molecule has 1 aromatic heterocycles. The Morgan fingerprint density at radius 3 is 2.71 bits per heavy atom. The van der Waals surface area contributed by atoms with Gasteiger partial charge in [-0.3, -0.25) is 4.79 Å². The van der Waals surface area contributed by atoms with Crippen LogP contribution in [0.4, 0.5) is 0 Å². The monoisotopic (exact) mass is 197 g/mol. The molecule has 14 heavy (non-hydrogen) atoms. The number of hydrogen-bond donors (Lipinski definition) is 2. The molecule has 0 saturated heterocycles. The van der Waals surface area contributed by atoms with Crippen molar-refractivity contribution in [2.45, 2.75) is 6.54 Å². The summed E-state index contributed by atoms with van der Waals surface area (Å²) in [4.78, 5) is 29.7. The van der Waals surface area contributed by atoms with Crippen molar-refractivity contribution in [3.63, 3.8) is 0 Å². The number of aromatic nitrogens is 2. The second-order valence-corrected chi connectivity index (χ2v) is 3.12. The van der Waals surface area contributed by atoms with E-state index in [2.05, 4.69) is 9.97 Å². The predicted molar refractivity (Wildman–Crippen MR) is 49.2 cm³/mol. The summed E-state index contributed by atoms with van der Waals surface area (Å²) >= 11 is 0. The van der Waals surface area contributed by atoms with Crippen molar-refractivity contribution in [3.8, 4) is 0 Å². The molecule has 0 aliphatic heterocycles. The molecule has 2 N–H and O–H groups in total. The van der Waals surface area contributed by atoms with E-state index >= 15 is 0 Å². The van der Waals surface area contributed by atoms with Gasteiger partial charge >= 0.3 is 5.97 Å². The van der Waals surface area contributed by atoms with Gasteiger partial charge in [-0.15, -0.1) is 0 Å². The van der Waals surface area contributed by atoms with Crippen molar-refractivity contribution in [1.82, 2.24) is 14.9 Å². The normalized spacial score (nSPS) is 10.5. The van der Waals surface area contributed by atoms with Gasteiger partial charge in [-0.2, -0.15) is 0 Å². The maximum atomic E-state index is 11.2. The van der Waals surface area contributed by atoms with Crippen molar-refractivity contribution in [1.29, 1.82) is 0 Å². The van der Waals surface area contributed by atoms with Gasteiger partial charge < -0.3 is 15.0 Å². The molecule has 0 bridgehead atoms. The maximum Gasteiger partial charge on any atom is 0.342 e. The van der Waals surface area contributed by atoms with Crippen molar-refractivity contribution in [2.75, 3.05) is 14.1 Å². The minimum atomic E-state index is -1.27. The zero-order valence-corrected chi connectivity index (χ0v) is 7.94. The number of carboxylic acids is 1. The summed E-state index contributed by atoms with van der Waals surface area (Å²) in [5.41, 5.74) is -0.961. The fourth-order valence-corrected chi connectivity index (χ4v) is 0.964. The molecule has 0 fully saturated rings. The molecule has 6 heteroatoms. The van der Waals surface area contributed by atoms with Gasteiger partial charge in [0.1, 0.15) is 11.4 Å². The van der Waals surface area contributed by atoms with Crippen LogP contribution in [0.2, 0.25) is 0 Å². The molecule has 1 rings (SSSR count). The Bertz CT molecular complexity index is 397. The number of aromatic carboxylic acids is 1. The van der Waals surface area contributed by atoms with Crippen LogP contribution in [0.1, 0.15) is 16.2 Å². The molecule has 0 radical (unpaired) electrons. The van der Waals surface area contributed by atoms with Gasteiger partial charge in [0.05, 0.1) is 6.54 Å². The summed E-state index contributed by atoms with van der Waals surface area (Å²) in [6, 6.07) is 0. The standard InChI is InChI=1S/C8H11N3O3/c1-11(2)4-6-9-3-5(8(13)14)7(12)10-6/h3H,4H2,1-2H3,(H,13,14)(H,9,10,12). The largest absolute Gasteiger partial charge is 0.477 e. The van der Waals surface area contributed by atoms with Gasteiger partial charge in [0, 0.05) is 6.20 Å². The van der Waals surface area contributed by atoms with Crippen LogP contribution in [0, 0.1) is 0 Å². The van der Waals surface area contributed by atoms with Crippen molar-refractivity contribution < 1.29 is 9.90 Å². The molecule has 0 aliphatic carbocycles. The summed E-state index contributed by atoms with van der Waals surface area (Å²) in [5.74, 6) is -0.819. The number of carboxylic acid groups (broad SMARTS) is 1. The molecular formula is C8H11N3O3. The van der Waals surface area contributed by atoms with Gasteiger partial charge in [0.15, 0.2) is 0 Å². The summed E-state index contributed by atoms with van der Waals surface area (Å²) in [7, 11) is 3.65. The lowest BCUT2D eigenvalue weighted by Gasteiger charge is -2.07. The number of nitrogens with zero attached hydrogens (tertiary/aromatic N) is 2. The minimum absolute atomic E-state index is 0.340. The molecule has 0 aliphatic rings. The molecular weight excluding hydrogens is 186 g/mol. The van der Waals surface area contributed by atoms with Gasteiger partial charge in [-0.25, -0.2) is 9.78 Å². The van der Waals surface area contributed by atoms with Crippen LogP contribution >= 0.6 is 0 Å². The fraction of sp³-hybridized carbons (Fsp3) is 0.375. The highest BCUT2D eigenvalue weighted by Crippen LogP contribution is 1.92. The molecule has 6 nitrogen and oxygen atoms in total.